The molecule has 2 aromatic carbocycles. The Morgan fingerprint density at radius 2 is 0.660 bits per heavy atom. The van der Waals surface area contributed by atoms with Crippen LogP contribution in [-0.2, 0) is 0 Å². The van der Waals surface area contributed by atoms with Crippen molar-refractivity contribution >= 4 is 11.3 Å². The van der Waals surface area contributed by atoms with Crippen LogP contribution in [0, 0.1) is 0 Å². The average molecular weight is 671 g/mol. The zero-order valence-corrected chi connectivity index (χ0v) is 30.6. The molecule has 0 aliphatic carbocycles. The highest BCUT2D eigenvalue weighted by atomic mass is 32.1. The molecular weight excluding hydrogens is 612 g/mol. The number of ether oxygens (including phenoxy) is 6. The molecular formula is C38H58N2O6S. The third kappa shape index (κ3) is 12.4. The van der Waals surface area contributed by atoms with Crippen LogP contribution in [0.1, 0.15) is 119 Å². The molecule has 3 aromatic rings. The topological polar surface area (TPSA) is 81.2 Å². The lowest BCUT2D eigenvalue weighted by Gasteiger charge is -2.18. The predicted molar refractivity (Wildman–Crippen MR) is 193 cm³/mol. The lowest BCUT2D eigenvalue weighted by molar-refractivity contribution is 0.237. The van der Waals surface area contributed by atoms with Crippen molar-refractivity contribution < 1.29 is 28.4 Å². The fraction of sp³-hybridized carbons (Fsp3) is 0.632. The van der Waals surface area contributed by atoms with Crippen molar-refractivity contribution in [2.75, 3.05) is 39.6 Å². The fourth-order valence-corrected chi connectivity index (χ4v) is 5.33. The summed E-state index contributed by atoms with van der Waals surface area (Å²) in [5, 5.41) is 10.8. The van der Waals surface area contributed by atoms with Crippen molar-refractivity contribution in [2.24, 2.45) is 0 Å². The van der Waals surface area contributed by atoms with Gasteiger partial charge in [0.15, 0.2) is 23.0 Å². The molecule has 0 aliphatic heterocycles. The van der Waals surface area contributed by atoms with Crippen LogP contribution in [0.5, 0.6) is 34.5 Å². The summed E-state index contributed by atoms with van der Waals surface area (Å²) in [6.45, 7) is 16.6. The summed E-state index contributed by atoms with van der Waals surface area (Å²) >= 11 is 1.52. The van der Waals surface area contributed by atoms with E-state index in [9.17, 15) is 0 Å². The molecule has 0 fully saturated rings. The van der Waals surface area contributed by atoms with E-state index in [2.05, 4.69) is 51.7 Å². The van der Waals surface area contributed by atoms with E-state index in [1.807, 2.05) is 24.3 Å². The van der Waals surface area contributed by atoms with Gasteiger partial charge in [0, 0.05) is 11.1 Å². The Balaban J connectivity index is 2.05. The van der Waals surface area contributed by atoms with Crippen molar-refractivity contribution in [1.82, 2.24) is 10.2 Å². The van der Waals surface area contributed by atoms with E-state index in [0.29, 0.717) is 74.1 Å². The average Bonchev–Trinajstić information content (AvgIpc) is 3.57. The molecule has 0 unspecified atom stereocenters. The molecule has 47 heavy (non-hydrogen) atoms. The first kappa shape index (κ1) is 38.2. The van der Waals surface area contributed by atoms with Gasteiger partial charge in [0.2, 0.25) is 11.5 Å². The summed E-state index contributed by atoms with van der Waals surface area (Å²) in [7, 11) is 0. The second-order valence-corrected chi connectivity index (χ2v) is 12.7. The largest absolute Gasteiger partial charge is 0.490 e. The number of rotatable bonds is 26. The summed E-state index contributed by atoms with van der Waals surface area (Å²) in [6, 6.07) is 8.04. The van der Waals surface area contributed by atoms with Crippen LogP contribution in [0.15, 0.2) is 24.3 Å². The lowest BCUT2D eigenvalue weighted by Crippen LogP contribution is -2.06. The maximum atomic E-state index is 6.29. The van der Waals surface area contributed by atoms with Crippen LogP contribution in [0.4, 0.5) is 0 Å². The molecule has 0 radical (unpaired) electrons. The van der Waals surface area contributed by atoms with Crippen LogP contribution in [0.25, 0.3) is 21.1 Å². The minimum absolute atomic E-state index is 0.605. The predicted octanol–water partition coefficient (Wildman–Crippen LogP) is 10.9. The molecule has 262 valence electrons. The monoisotopic (exact) mass is 670 g/mol. The zero-order valence-electron chi connectivity index (χ0n) is 29.8. The van der Waals surface area contributed by atoms with Gasteiger partial charge in [0.1, 0.15) is 10.0 Å². The first-order valence-electron chi connectivity index (χ1n) is 18.1. The van der Waals surface area contributed by atoms with E-state index in [4.69, 9.17) is 28.4 Å². The van der Waals surface area contributed by atoms with Crippen molar-refractivity contribution in [3.63, 3.8) is 0 Å². The molecule has 0 saturated carbocycles. The molecule has 8 nitrogen and oxygen atoms in total. The second kappa shape index (κ2) is 22.4. The van der Waals surface area contributed by atoms with Crippen LogP contribution in [0.3, 0.4) is 0 Å². The molecule has 0 aliphatic rings. The summed E-state index contributed by atoms with van der Waals surface area (Å²) in [4.78, 5) is 0. The normalized spacial score (nSPS) is 11.0. The van der Waals surface area contributed by atoms with Gasteiger partial charge >= 0.3 is 0 Å². The van der Waals surface area contributed by atoms with Gasteiger partial charge < -0.3 is 28.4 Å². The van der Waals surface area contributed by atoms with Crippen LogP contribution < -0.4 is 28.4 Å². The molecule has 3 rings (SSSR count). The second-order valence-electron chi connectivity index (χ2n) is 11.7. The molecule has 0 atom stereocenters. The number of hydrogen-bond acceptors (Lipinski definition) is 9. The molecule has 1 heterocycles. The van der Waals surface area contributed by atoms with E-state index in [0.717, 1.165) is 98.2 Å². The van der Waals surface area contributed by atoms with Crippen molar-refractivity contribution in [2.45, 2.75) is 119 Å². The van der Waals surface area contributed by atoms with Crippen LogP contribution in [0.2, 0.25) is 0 Å². The first-order valence-corrected chi connectivity index (χ1v) is 18.9. The van der Waals surface area contributed by atoms with Gasteiger partial charge in [0.25, 0.3) is 0 Å². The molecule has 0 amide bonds. The third-order valence-corrected chi connectivity index (χ3v) is 8.49. The third-order valence-electron chi connectivity index (χ3n) is 7.47. The smallest absolute Gasteiger partial charge is 0.203 e. The first-order chi connectivity index (χ1) is 23.1. The van der Waals surface area contributed by atoms with E-state index in [1.54, 1.807) is 0 Å². The van der Waals surface area contributed by atoms with Crippen molar-refractivity contribution in [3.05, 3.63) is 24.3 Å². The number of benzene rings is 2. The Hall–Kier alpha value is -3.20. The summed E-state index contributed by atoms with van der Waals surface area (Å²) in [5.74, 6) is 4.06. The highest BCUT2D eigenvalue weighted by Gasteiger charge is 2.22. The fourth-order valence-electron chi connectivity index (χ4n) is 4.51. The van der Waals surface area contributed by atoms with E-state index >= 15 is 0 Å². The van der Waals surface area contributed by atoms with Gasteiger partial charge in [-0.25, -0.2) is 0 Å². The van der Waals surface area contributed by atoms with E-state index in [1.165, 1.54) is 11.3 Å². The molecule has 0 spiro atoms. The number of aromatic nitrogens is 2. The maximum Gasteiger partial charge on any atom is 0.203 e. The van der Waals surface area contributed by atoms with Gasteiger partial charge in [0.05, 0.1) is 39.6 Å². The number of unbranched alkanes of at least 4 members (excludes halogenated alkanes) is 6. The molecule has 1 aromatic heterocycles. The molecule has 0 saturated heterocycles. The maximum absolute atomic E-state index is 6.29. The van der Waals surface area contributed by atoms with E-state index in [-0.39, 0.29) is 0 Å². The molecule has 9 heteroatoms. The number of hydrogen-bond donors (Lipinski definition) is 0. The minimum Gasteiger partial charge on any atom is -0.490 e. The molecule has 0 bridgehead atoms. The Labute approximate surface area is 287 Å². The van der Waals surface area contributed by atoms with Gasteiger partial charge in [-0.3, -0.25) is 0 Å². The lowest BCUT2D eigenvalue weighted by atomic mass is 10.2. The summed E-state index contributed by atoms with van der Waals surface area (Å²) in [5.41, 5.74) is 1.76. The number of nitrogens with zero attached hydrogens (tertiary/aromatic N) is 2. The highest BCUT2D eigenvalue weighted by Crippen LogP contribution is 2.46. The van der Waals surface area contributed by atoms with Gasteiger partial charge in [-0.2, -0.15) is 0 Å². The Kier molecular flexibility index (Phi) is 18.2. The SMILES string of the molecule is CCCCOc1cc(-c2nnc(-c3cc(OCCCC)c(OCCCC)c(OCCCC)c3)s2)cc(OCCCC)c1OCCCC. The zero-order chi connectivity index (χ0) is 33.7. The van der Waals surface area contributed by atoms with Crippen molar-refractivity contribution in [1.29, 1.82) is 0 Å². The standard InChI is InChI=1S/C38H58N2O6S/c1-7-13-19-41-31-25-29(26-32(42-20-14-8-2)35(31)45-23-17-11-5)37-39-40-38(47-37)30-27-33(43-21-15-9-3)36(46-24-18-12-6)34(28-30)44-22-16-10-4/h25-28H,7-24H2,1-6H3. The Morgan fingerprint density at radius 1 is 0.404 bits per heavy atom. The van der Waals surface area contributed by atoms with E-state index < -0.39 is 0 Å². The minimum atomic E-state index is 0.605. The van der Waals surface area contributed by atoms with Gasteiger partial charge in [-0.05, 0) is 62.8 Å². The Morgan fingerprint density at radius 3 is 0.915 bits per heavy atom. The van der Waals surface area contributed by atoms with Crippen molar-refractivity contribution in [3.8, 4) is 55.6 Å². The summed E-state index contributed by atoms with van der Waals surface area (Å²) in [6.07, 6.45) is 12.0. The van der Waals surface area contributed by atoms with Gasteiger partial charge in [-0.1, -0.05) is 91.4 Å². The Bertz CT molecular complexity index is 1140. The van der Waals surface area contributed by atoms with Crippen LogP contribution in [-0.4, -0.2) is 49.8 Å². The van der Waals surface area contributed by atoms with Gasteiger partial charge in [-0.15, -0.1) is 10.2 Å². The van der Waals surface area contributed by atoms with Crippen LogP contribution >= 0.6 is 11.3 Å². The molecule has 0 N–H and O–H groups in total. The quantitative estimate of drug-likeness (QED) is 0.0781. The summed E-state index contributed by atoms with van der Waals surface area (Å²) < 4.78 is 37.7. The highest BCUT2D eigenvalue weighted by molar-refractivity contribution is 7.17.